The number of fused-ring (bicyclic) bond motifs is 1. The molecule has 7 nitrogen and oxygen atoms in total. The van der Waals surface area contributed by atoms with Crippen molar-refractivity contribution in [2.45, 2.75) is 29.7 Å². The standard InChI is InChI=1S/C18H19N5O2S/c1-3-4-11-22(2)17-16(23(24)25)18(21-12-20-17)26-14-9-5-7-13-8-6-10-19-15(13)14/h5-10,12H,3-4,11H2,1-2H3. The van der Waals surface area contributed by atoms with Crippen molar-refractivity contribution in [3.63, 3.8) is 0 Å². The summed E-state index contributed by atoms with van der Waals surface area (Å²) in [6.45, 7) is 2.78. The number of rotatable bonds is 7. The fraction of sp³-hybridized carbons (Fsp3) is 0.278. The van der Waals surface area contributed by atoms with Crippen LogP contribution in [0.4, 0.5) is 11.5 Å². The topological polar surface area (TPSA) is 85.0 Å². The summed E-state index contributed by atoms with van der Waals surface area (Å²) in [6.07, 6.45) is 5.04. The molecule has 3 rings (SSSR count). The van der Waals surface area contributed by atoms with Crippen LogP contribution >= 0.6 is 11.8 Å². The van der Waals surface area contributed by atoms with E-state index >= 15 is 0 Å². The Morgan fingerprint density at radius 3 is 2.77 bits per heavy atom. The zero-order valence-corrected chi connectivity index (χ0v) is 15.4. The zero-order chi connectivity index (χ0) is 18.5. The zero-order valence-electron chi connectivity index (χ0n) is 14.6. The summed E-state index contributed by atoms with van der Waals surface area (Å²) in [4.78, 5) is 26.7. The molecular formula is C18H19N5O2S. The Kier molecular flexibility index (Phi) is 5.62. The third kappa shape index (κ3) is 3.75. The minimum atomic E-state index is -0.404. The highest BCUT2D eigenvalue weighted by molar-refractivity contribution is 7.99. The van der Waals surface area contributed by atoms with Crippen molar-refractivity contribution >= 4 is 34.2 Å². The van der Waals surface area contributed by atoms with Gasteiger partial charge in [-0.3, -0.25) is 15.1 Å². The molecule has 3 aromatic rings. The number of nitro groups is 1. The SMILES string of the molecule is CCCCN(C)c1ncnc(Sc2cccc3cccnc23)c1[N+](=O)[O-]. The average Bonchev–Trinajstić information content (AvgIpc) is 2.66. The molecule has 0 N–H and O–H groups in total. The number of aromatic nitrogens is 3. The first-order chi connectivity index (χ1) is 12.6. The second-order valence-corrected chi connectivity index (χ2v) is 6.85. The Labute approximate surface area is 155 Å². The summed E-state index contributed by atoms with van der Waals surface area (Å²) in [6, 6.07) is 9.60. The minimum Gasteiger partial charge on any atom is -0.354 e. The van der Waals surface area contributed by atoms with Crippen molar-refractivity contribution in [2.75, 3.05) is 18.5 Å². The molecule has 134 valence electrons. The van der Waals surface area contributed by atoms with E-state index < -0.39 is 4.92 Å². The lowest BCUT2D eigenvalue weighted by Crippen LogP contribution is -2.21. The predicted octanol–water partition coefficient (Wildman–Crippen LogP) is 4.32. The maximum Gasteiger partial charge on any atom is 0.343 e. The van der Waals surface area contributed by atoms with Crippen LogP contribution in [0.5, 0.6) is 0 Å². The van der Waals surface area contributed by atoms with Gasteiger partial charge in [0.25, 0.3) is 0 Å². The van der Waals surface area contributed by atoms with Crippen LogP contribution in [0.2, 0.25) is 0 Å². The first-order valence-corrected chi connectivity index (χ1v) is 9.15. The number of hydrogen-bond acceptors (Lipinski definition) is 7. The Bertz CT molecular complexity index is 929. The van der Waals surface area contributed by atoms with Crippen LogP contribution in [0.3, 0.4) is 0 Å². The van der Waals surface area contributed by atoms with Crippen molar-refractivity contribution in [3.05, 3.63) is 53.0 Å². The minimum absolute atomic E-state index is 0.0657. The molecule has 8 heteroatoms. The molecule has 0 spiro atoms. The van der Waals surface area contributed by atoms with Crippen LogP contribution in [0.15, 0.2) is 52.8 Å². The first kappa shape index (κ1) is 18.1. The van der Waals surface area contributed by atoms with Crippen LogP contribution in [0.25, 0.3) is 10.9 Å². The molecule has 0 bridgehead atoms. The van der Waals surface area contributed by atoms with Gasteiger partial charge in [0.1, 0.15) is 6.33 Å². The highest BCUT2D eigenvalue weighted by atomic mass is 32.2. The van der Waals surface area contributed by atoms with E-state index in [1.165, 1.54) is 18.1 Å². The van der Waals surface area contributed by atoms with E-state index in [9.17, 15) is 10.1 Å². The van der Waals surface area contributed by atoms with Crippen molar-refractivity contribution in [2.24, 2.45) is 0 Å². The smallest absolute Gasteiger partial charge is 0.343 e. The van der Waals surface area contributed by atoms with Crippen LogP contribution in [0.1, 0.15) is 19.8 Å². The number of pyridine rings is 1. The van der Waals surface area contributed by atoms with Gasteiger partial charge in [-0.2, -0.15) is 0 Å². The molecule has 0 unspecified atom stereocenters. The molecule has 1 aromatic carbocycles. The second kappa shape index (κ2) is 8.09. The van der Waals surface area contributed by atoms with Crippen molar-refractivity contribution in [1.29, 1.82) is 0 Å². The molecule has 0 amide bonds. The van der Waals surface area contributed by atoms with E-state index in [2.05, 4.69) is 21.9 Å². The molecule has 0 radical (unpaired) electrons. The fourth-order valence-corrected chi connectivity index (χ4v) is 3.62. The third-order valence-electron chi connectivity index (χ3n) is 3.96. The summed E-state index contributed by atoms with van der Waals surface area (Å²) in [5, 5.41) is 13.0. The molecular weight excluding hydrogens is 350 g/mol. The quantitative estimate of drug-likeness (QED) is 0.348. The van der Waals surface area contributed by atoms with E-state index in [1.807, 2.05) is 42.3 Å². The lowest BCUT2D eigenvalue weighted by Gasteiger charge is -2.18. The van der Waals surface area contributed by atoms with Gasteiger partial charge in [0.2, 0.25) is 5.82 Å². The monoisotopic (exact) mass is 369 g/mol. The Morgan fingerprint density at radius 1 is 1.19 bits per heavy atom. The largest absolute Gasteiger partial charge is 0.354 e. The van der Waals surface area contributed by atoms with E-state index in [4.69, 9.17) is 0 Å². The second-order valence-electron chi connectivity index (χ2n) is 5.82. The number of nitrogens with zero attached hydrogens (tertiary/aromatic N) is 5. The Balaban J connectivity index is 2.03. The van der Waals surface area contributed by atoms with Gasteiger partial charge < -0.3 is 4.90 Å². The van der Waals surface area contributed by atoms with E-state index in [-0.39, 0.29) is 5.69 Å². The first-order valence-electron chi connectivity index (χ1n) is 8.34. The lowest BCUT2D eigenvalue weighted by molar-refractivity contribution is -0.387. The van der Waals surface area contributed by atoms with Gasteiger partial charge in [0.15, 0.2) is 5.03 Å². The van der Waals surface area contributed by atoms with E-state index in [0.29, 0.717) is 17.4 Å². The van der Waals surface area contributed by atoms with Gasteiger partial charge in [-0.15, -0.1) is 0 Å². The molecule has 0 aliphatic rings. The predicted molar refractivity (Wildman–Crippen MR) is 103 cm³/mol. The van der Waals surface area contributed by atoms with Crippen LogP contribution in [0, 0.1) is 10.1 Å². The molecule has 0 saturated heterocycles. The maximum atomic E-state index is 11.7. The number of hydrogen-bond donors (Lipinski definition) is 0. The van der Waals surface area contributed by atoms with Gasteiger partial charge in [0.05, 0.1) is 10.4 Å². The van der Waals surface area contributed by atoms with E-state index in [0.717, 1.165) is 28.6 Å². The highest BCUT2D eigenvalue weighted by Gasteiger charge is 2.26. The maximum absolute atomic E-state index is 11.7. The van der Waals surface area contributed by atoms with Gasteiger partial charge in [-0.1, -0.05) is 43.3 Å². The summed E-state index contributed by atoms with van der Waals surface area (Å²) < 4.78 is 0. The summed E-state index contributed by atoms with van der Waals surface area (Å²) in [5.41, 5.74) is 0.734. The molecule has 26 heavy (non-hydrogen) atoms. The number of para-hydroxylation sites is 1. The van der Waals surface area contributed by atoms with Crippen LogP contribution in [-0.2, 0) is 0 Å². The van der Waals surface area contributed by atoms with Crippen LogP contribution < -0.4 is 4.90 Å². The van der Waals surface area contributed by atoms with Crippen molar-refractivity contribution in [1.82, 2.24) is 15.0 Å². The Hall–Kier alpha value is -2.74. The molecule has 0 fully saturated rings. The van der Waals surface area contributed by atoms with Gasteiger partial charge in [-0.05, 0) is 18.6 Å². The van der Waals surface area contributed by atoms with Crippen LogP contribution in [-0.4, -0.2) is 33.5 Å². The number of anilines is 1. The summed E-state index contributed by atoms with van der Waals surface area (Å²) in [7, 11) is 1.82. The fourth-order valence-electron chi connectivity index (χ4n) is 2.63. The number of unbranched alkanes of at least 4 members (excludes halogenated alkanes) is 1. The summed E-state index contributed by atoms with van der Waals surface area (Å²) >= 11 is 1.25. The molecule has 0 atom stereocenters. The molecule has 2 heterocycles. The van der Waals surface area contributed by atoms with Crippen molar-refractivity contribution in [3.8, 4) is 0 Å². The van der Waals surface area contributed by atoms with Gasteiger partial charge in [-0.25, -0.2) is 9.97 Å². The van der Waals surface area contributed by atoms with Gasteiger partial charge in [0, 0.05) is 30.1 Å². The lowest BCUT2D eigenvalue weighted by atomic mass is 10.2. The molecule has 0 aliphatic heterocycles. The highest BCUT2D eigenvalue weighted by Crippen LogP contribution is 2.39. The van der Waals surface area contributed by atoms with E-state index in [1.54, 1.807) is 6.20 Å². The molecule has 0 saturated carbocycles. The third-order valence-corrected chi connectivity index (χ3v) is 5.00. The molecule has 0 aliphatic carbocycles. The van der Waals surface area contributed by atoms with Gasteiger partial charge >= 0.3 is 5.69 Å². The average molecular weight is 369 g/mol. The van der Waals surface area contributed by atoms with Crippen molar-refractivity contribution < 1.29 is 4.92 Å². The summed E-state index contributed by atoms with van der Waals surface area (Å²) in [5.74, 6) is 0.342. The number of benzene rings is 1. The normalized spacial score (nSPS) is 10.8. The Morgan fingerprint density at radius 2 is 2.00 bits per heavy atom. The molecule has 2 aromatic heterocycles.